The summed E-state index contributed by atoms with van der Waals surface area (Å²) in [6.45, 7) is 3.83. The summed E-state index contributed by atoms with van der Waals surface area (Å²) in [5.74, 6) is 0.768. The number of aliphatic hydroxyl groups is 1. The van der Waals surface area contributed by atoms with Crippen molar-refractivity contribution in [1.82, 2.24) is 19.3 Å². The Labute approximate surface area is 227 Å². The van der Waals surface area contributed by atoms with Crippen molar-refractivity contribution in [2.45, 2.75) is 43.9 Å². The van der Waals surface area contributed by atoms with Crippen LogP contribution in [0.25, 0.3) is 16.8 Å². The van der Waals surface area contributed by atoms with Gasteiger partial charge in [-0.05, 0) is 37.1 Å². The van der Waals surface area contributed by atoms with Gasteiger partial charge in [-0.2, -0.15) is 13.2 Å². The van der Waals surface area contributed by atoms with Gasteiger partial charge in [0.2, 0.25) is 0 Å². The summed E-state index contributed by atoms with van der Waals surface area (Å²) in [7, 11) is 0. The zero-order valence-electron chi connectivity index (χ0n) is 21.6. The Hall–Kier alpha value is -4.16. The molecule has 9 nitrogen and oxygen atoms in total. The van der Waals surface area contributed by atoms with Gasteiger partial charge < -0.3 is 20.3 Å². The Kier molecular flexibility index (Phi) is 6.00. The van der Waals surface area contributed by atoms with Crippen molar-refractivity contribution < 1.29 is 32.5 Å². The van der Waals surface area contributed by atoms with Gasteiger partial charge in [-0.1, -0.05) is 36.4 Å². The Morgan fingerprint density at radius 1 is 1.10 bits per heavy atom. The van der Waals surface area contributed by atoms with E-state index in [2.05, 4.69) is 4.98 Å². The standard InChI is InChI=1S/C28H26F3N5O4/c1-15-20-14-39-21(13-36(20)26(37)40-15)25-34-22(23-24(32)33-10-11-35(23)25)16-6-8-17(9-7-16)27(2,38)18-4-3-5-19(12-18)28(29,30)31/h3-12,15,20-21,38H,13-14H2,1-2H3,(H2,32,33)/t15-,20-,21+,27+/m0/s1. The Morgan fingerprint density at radius 3 is 2.55 bits per heavy atom. The zero-order chi connectivity index (χ0) is 28.4. The van der Waals surface area contributed by atoms with Crippen molar-refractivity contribution in [1.29, 1.82) is 0 Å². The predicted molar refractivity (Wildman–Crippen MR) is 138 cm³/mol. The molecule has 4 heterocycles. The van der Waals surface area contributed by atoms with Crippen LogP contribution in [-0.4, -0.2) is 55.8 Å². The maximum atomic E-state index is 13.3. The first-order valence-electron chi connectivity index (χ1n) is 12.7. The van der Waals surface area contributed by atoms with Gasteiger partial charge in [0.05, 0.1) is 24.8 Å². The number of nitrogens with two attached hydrogens (primary N) is 1. The van der Waals surface area contributed by atoms with E-state index >= 15 is 0 Å². The van der Waals surface area contributed by atoms with Crippen LogP contribution in [0.15, 0.2) is 60.9 Å². The van der Waals surface area contributed by atoms with E-state index in [0.29, 0.717) is 34.8 Å². The number of nitrogens with zero attached hydrogens (tertiary/aromatic N) is 4. The van der Waals surface area contributed by atoms with Gasteiger partial charge in [0, 0.05) is 18.0 Å². The quantitative estimate of drug-likeness (QED) is 0.382. The molecule has 40 heavy (non-hydrogen) atoms. The van der Waals surface area contributed by atoms with Crippen LogP contribution in [0.4, 0.5) is 23.8 Å². The fourth-order valence-corrected chi connectivity index (χ4v) is 5.36. The van der Waals surface area contributed by atoms with Crippen molar-refractivity contribution in [3.8, 4) is 11.3 Å². The van der Waals surface area contributed by atoms with Crippen molar-refractivity contribution in [3.63, 3.8) is 0 Å². The topological polar surface area (TPSA) is 115 Å². The van der Waals surface area contributed by atoms with Crippen LogP contribution in [-0.2, 0) is 21.3 Å². The van der Waals surface area contributed by atoms with Crippen molar-refractivity contribution in [2.75, 3.05) is 18.9 Å². The summed E-state index contributed by atoms with van der Waals surface area (Å²) >= 11 is 0. The number of fused-ring (bicyclic) bond motifs is 2. The molecular weight excluding hydrogens is 527 g/mol. The molecule has 2 aromatic heterocycles. The zero-order valence-corrected chi connectivity index (χ0v) is 21.6. The van der Waals surface area contributed by atoms with E-state index in [-0.39, 0.29) is 30.1 Å². The molecule has 2 aliphatic rings. The first kappa shape index (κ1) is 26.1. The number of amides is 1. The van der Waals surface area contributed by atoms with E-state index in [9.17, 15) is 23.1 Å². The molecule has 12 heteroatoms. The number of cyclic esters (lactones) is 1. The molecule has 0 spiro atoms. The molecule has 2 aliphatic heterocycles. The second-order valence-electron chi connectivity index (χ2n) is 10.2. The number of alkyl halides is 3. The van der Waals surface area contributed by atoms with Crippen LogP contribution in [0, 0.1) is 0 Å². The molecule has 2 saturated heterocycles. The largest absolute Gasteiger partial charge is 0.444 e. The van der Waals surface area contributed by atoms with Crippen LogP contribution in [0.5, 0.6) is 0 Å². The number of imidazole rings is 1. The third kappa shape index (κ3) is 4.23. The maximum Gasteiger partial charge on any atom is 0.416 e. The maximum absolute atomic E-state index is 13.3. The van der Waals surface area contributed by atoms with E-state index in [1.54, 1.807) is 46.0 Å². The molecule has 2 fully saturated rings. The second kappa shape index (κ2) is 9.20. The number of aromatic nitrogens is 3. The predicted octanol–water partition coefficient (Wildman–Crippen LogP) is 4.53. The summed E-state index contributed by atoms with van der Waals surface area (Å²) in [6.07, 6.45) is -2.47. The number of halogens is 3. The third-order valence-corrected chi connectivity index (χ3v) is 7.66. The number of carbonyl (C=O) groups excluding carboxylic acids is 1. The molecule has 1 amide bonds. The number of nitrogen functional groups attached to an aromatic ring is 1. The minimum atomic E-state index is -4.53. The Morgan fingerprint density at radius 2 is 1.82 bits per heavy atom. The van der Waals surface area contributed by atoms with Crippen LogP contribution < -0.4 is 5.73 Å². The third-order valence-electron chi connectivity index (χ3n) is 7.66. The van der Waals surface area contributed by atoms with Crippen LogP contribution in [0.1, 0.15) is 42.5 Å². The minimum absolute atomic E-state index is 0.112. The molecule has 4 aromatic rings. The van der Waals surface area contributed by atoms with Gasteiger partial charge in [0.25, 0.3) is 0 Å². The fraction of sp³-hybridized carbons (Fsp3) is 0.321. The highest BCUT2D eigenvalue weighted by molar-refractivity contribution is 5.85. The molecule has 4 atom stereocenters. The molecule has 2 aromatic carbocycles. The molecule has 0 bridgehead atoms. The highest BCUT2D eigenvalue weighted by atomic mass is 19.4. The molecule has 3 N–H and O–H groups in total. The van der Waals surface area contributed by atoms with Gasteiger partial charge in [-0.15, -0.1) is 0 Å². The van der Waals surface area contributed by atoms with Crippen molar-refractivity contribution in [2.24, 2.45) is 0 Å². The minimum Gasteiger partial charge on any atom is -0.444 e. The number of carbonyl (C=O) groups is 1. The fourth-order valence-electron chi connectivity index (χ4n) is 5.36. The lowest BCUT2D eigenvalue weighted by molar-refractivity contribution is -0.137. The number of ether oxygens (including phenoxy) is 2. The number of rotatable bonds is 4. The normalized spacial score (nSPS) is 22.7. The SMILES string of the molecule is C[C@@H]1OC(=O)N2C[C@H](c3nc(-c4ccc([C@@](C)(O)c5cccc(C(F)(F)F)c5)cc4)c4c(N)nccn34)OC[C@@H]12. The Balaban J connectivity index is 1.35. The van der Waals surface area contributed by atoms with E-state index in [1.807, 2.05) is 6.92 Å². The van der Waals surface area contributed by atoms with E-state index in [1.165, 1.54) is 19.1 Å². The lowest BCUT2D eigenvalue weighted by Crippen LogP contribution is -2.47. The van der Waals surface area contributed by atoms with E-state index in [0.717, 1.165) is 12.1 Å². The highest BCUT2D eigenvalue weighted by Gasteiger charge is 2.45. The smallest absolute Gasteiger partial charge is 0.416 e. The van der Waals surface area contributed by atoms with Gasteiger partial charge in [-0.25, -0.2) is 14.8 Å². The number of hydrogen-bond acceptors (Lipinski definition) is 7. The van der Waals surface area contributed by atoms with Gasteiger partial charge in [-0.3, -0.25) is 9.30 Å². The average molecular weight is 554 g/mol. The van der Waals surface area contributed by atoms with Crippen LogP contribution in [0.3, 0.4) is 0 Å². The Bertz CT molecular complexity index is 1600. The van der Waals surface area contributed by atoms with E-state index < -0.39 is 29.5 Å². The summed E-state index contributed by atoms with van der Waals surface area (Å²) in [6, 6.07) is 11.2. The first-order chi connectivity index (χ1) is 18.9. The summed E-state index contributed by atoms with van der Waals surface area (Å²) in [5.41, 5.74) is 5.94. The monoisotopic (exact) mass is 553 g/mol. The number of morpholine rings is 1. The van der Waals surface area contributed by atoms with Crippen LogP contribution in [0.2, 0.25) is 0 Å². The molecule has 0 saturated carbocycles. The average Bonchev–Trinajstić information content (AvgIpc) is 3.46. The lowest BCUT2D eigenvalue weighted by Gasteiger charge is -2.33. The molecule has 6 rings (SSSR count). The lowest BCUT2D eigenvalue weighted by atomic mass is 9.87. The summed E-state index contributed by atoms with van der Waals surface area (Å²) in [5, 5.41) is 11.2. The molecule has 0 unspecified atom stereocenters. The first-order valence-corrected chi connectivity index (χ1v) is 12.7. The number of benzene rings is 2. The molecular formula is C28H26F3N5O4. The summed E-state index contributed by atoms with van der Waals surface area (Å²) in [4.78, 5) is 23.0. The highest BCUT2D eigenvalue weighted by Crippen LogP contribution is 2.38. The molecule has 0 aliphatic carbocycles. The van der Waals surface area contributed by atoms with E-state index in [4.69, 9.17) is 20.2 Å². The van der Waals surface area contributed by atoms with Crippen molar-refractivity contribution >= 4 is 17.4 Å². The van der Waals surface area contributed by atoms with Crippen LogP contribution >= 0.6 is 0 Å². The van der Waals surface area contributed by atoms with Gasteiger partial charge in [0.15, 0.2) is 0 Å². The number of anilines is 1. The van der Waals surface area contributed by atoms with Gasteiger partial charge >= 0.3 is 12.3 Å². The van der Waals surface area contributed by atoms with Crippen molar-refractivity contribution in [3.05, 3.63) is 83.4 Å². The summed E-state index contributed by atoms with van der Waals surface area (Å²) < 4.78 is 53.0. The van der Waals surface area contributed by atoms with Gasteiger partial charge in [0.1, 0.15) is 40.7 Å². The number of hydrogen-bond donors (Lipinski definition) is 2. The second-order valence-corrected chi connectivity index (χ2v) is 10.2. The molecule has 0 radical (unpaired) electrons. The molecule has 208 valence electrons.